The van der Waals surface area contributed by atoms with Gasteiger partial charge in [-0.1, -0.05) is 42.5 Å². The van der Waals surface area contributed by atoms with Gasteiger partial charge >= 0.3 is 6.03 Å². The largest absolute Gasteiger partial charge is 0.322 e. The monoisotopic (exact) mass is 429 g/mol. The Balaban J connectivity index is 1.67. The molecule has 2 amide bonds. The summed E-state index contributed by atoms with van der Waals surface area (Å²) in [6.07, 6.45) is 0. The van der Waals surface area contributed by atoms with Crippen LogP contribution in [0.5, 0.6) is 0 Å². The minimum absolute atomic E-state index is 0.126. The number of anilines is 1. The van der Waals surface area contributed by atoms with Crippen LogP contribution in [0.1, 0.15) is 22.3 Å². The van der Waals surface area contributed by atoms with E-state index >= 15 is 0 Å². The predicted octanol–water partition coefficient (Wildman–Crippen LogP) is 5.52. The SMILES string of the molecule is Cc1ccc(C)c2[nH]c(=O)c(CN(Cc3ccccc3)C(=O)Nc3ccc(F)cc3)cc12. The molecule has 0 aliphatic heterocycles. The van der Waals surface area contributed by atoms with Crippen LogP contribution in [-0.4, -0.2) is 15.9 Å². The highest BCUT2D eigenvalue weighted by Gasteiger charge is 2.18. The number of hydrogen-bond donors (Lipinski definition) is 2. The van der Waals surface area contributed by atoms with Gasteiger partial charge < -0.3 is 15.2 Å². The standard InChI is InChI=1S/C26H24FN3O2/c1-17-8-9-18(2)24-23(17)14-20(25(31)29-24)16-30(15-19-6-4-3-5-7-19)26(32)28-22-12-10-21(27)11-13-22/h3-14H,15-16H2,1-2H3,(H,28,32)(H,29,31). The van der Waals surface area contributed by atoms with Gasteiger partial charge in [-0.05, 0) is 60.9 Å². The number of carbonyl (C=O) groups excluding carboxylic acids is 1. The Morgan fingerprint density at radius 3 is 2.34 bits per heavy atom. The minimum Gasteiger partial charge on any atom is -0.321 e. The Hall–Kier alpha value is -3.93. The van der Waals surface area contributed by atoms with E-state index in [1.807, 2.05) is 62.4 Å². The summed E-state index contributed by atoms with van der Waals surface area (Å²) in [7, 11) is 0. The van der Waals surface area contributed by atoms with Gasteiger partial charge in [0.25, 0.3) is 5.56 Å². The average molecular weight is 429 g/mol. The lowest BCUT2D eigenvalue weighted by atomic mass is 10.0. The molecule has 1 heterocycles. The molecule has 0 radical (unpaired) electrons. The number of rotatable bonds is 5. The molecule has 5 nitrogen and oxygen atoms in total. The van der Waals surface area contributed by atoms with Crippen LogP contribution in [0.15, 0.2) is 77.6 Å². The van der Waals surface area contributed by atoms with Crippen LogP contribution in [0.25, 0.3) is 10.9 Å². The van der Waals surface area contributed by atoms with Gasteiger partial charge in [0, 0.05) is 23.2 Å². The Morgan fingerprint density at radius 2 is 1.62 bits per heavy atom. The van der Waals surface area contributed by atoms with Crippen LogP contribution >= 0.6 is 0 Å². The number of halogens is 1. The van der Waals surface area contributed by atoms with Gasteiger partial charge in [0.05, 0.1) is 12.1 Å². The second-order valence-corrected chi connectivity index (χ2v) is 7.89. The van der Waals surface area contributed by atoms with Crippen molar-refractivity contribution in [2.75, 3.05) is 5.32 Å². The summed E-state index contributed by atoms with van der Waals surface area (Å²) in [5.41, 5.74) is 4.54. The second-order valence-electron chi connectivity index (χ2n) is 7.89. The maximum Gasteiger partial charge on any atom is 0.322 e. The van der Waals surface area contributed by atoms with Crippen LogP contribution in [-0.2, 0) is 13.1 Å². The first-order valence-electron chi connectivity index (χ1n) is 10.4. The molecule has 0 spiro atoms. The summed E-state index contributed by atoms with van der Waals surface area (Å²) in [5, 5.41) is 3.75. The molecule has 6 heteroatoms. The number of urea groups is 1. The van der Waals surface area contributed by atoms with Crippen molar-refractivity contribution in [3.05, 3.63) is 111 Å². The number of carbonyl (C=O) groups is 1. The van der Waals surface area contributed by atoms with Crippen LogP contribution in [0.4, 0.5) is 14.9 Å². The number of nitrogens with zero attached hydrogens (tertiary/aromatic N) is 1. The fourth-order valence-corrected chi connectivity index (χ4v) is 3.68. The number of pyridine rings is 1. The second kappa shape index (κ2) is 9.06. The summed E-state index contributed by atoms with van der Waals surface area (Å²) in [6.45, 7) is 4.39. The molecule has 0 saturated heterocycles. The number of hydrogen-bond acceptors (Lipinski definition) is 2. The van der Waals surface area contributed by atoms with E-state index in [0.29, 0.717) is 17.8 Å². The lowest BCUT2D eigenvalue weighted by Gasteiger charge is -2.23. The first-order chi connectivity index (χ1) is 15.4. The number of aromatic nitrogens is 1. The highest BCUT2D eigenvalue weighted by atomic mass is 19.1. The number of fused-ring (bicyclic) bond motifs is 1. The van der Waals surface area contributed by atoms with Crippen LogP contribution < -0.4 is 10.9 Å². The molecule has 0 saturated carbocycles. The van der Waals surface area contributed by atoms with Crippen LogP contribution in [0, 0.1) is 19.7 Å². The van der Waals surface area contributed by atoms with Gasteiger partial charge in [0.1, 0.15) is 5.82 Å². The Kier molecular flexibility index (Phi) is 6.03. The number of aromatic amines is 1. The third kappa shape index (κ3) is 4.70. The molecule has 162 valence electrons. The predicted molar refractivity (Wildman–Crippen MR) is 125 cm³/mol. The van der Waals surface area contributed by atoms with Crippen molar-refractivity contribution in [1.82, 2.24) is 9.88 Å². The lowest BCUT2D eigenvalue weighted by molar-refractivity contribution is 0.206. The lowest BCUT2D eigenvalue weighted by Crippen LogP contribution is -2.35. The molecule has 0 aliphatic rings. The van der Waals surface area contributed by atoms with Crippen molar-refractivity contribution in [2.24, 2.45) is 0 Å². The molecule has 1 aromatic heterocycles. The Bertz CT molecular complexity index is 1310. The van der Waals surface area contributed by atoms with E-state index in [4.69, 9.17) is 0 Å². The van der Waals surface area contributed by atoms with E-state index in [2.05, 4.69) is 10.3 Å². The van der Waals surface area contributed by atoms with Crippen molar-refractivity contribution in [1.29, 1.82) is 0 Å². The van der Waals surface area contributed by atoms with Gasteiger partial charge in [-0.25, -0.2) is 9.18 Å². The molecule has 0 fully saturated rings. The molecule has 0 aliphatic carbocycles. The summed E-state index contributed by atoms with van der Waals surface area (Å²) in [4.78, 5) is 30.5. The third-order valence-electron chi connectivity index (χ3n) is 5.48. The average Bonchev–Trinajstić information content (AvgIpc) is 2.79. The van der Waals surface area contributed by atoms with E-state index < -0.39 is 0 Å². The number of benzene rings is 3. The molecule has 2 N–H and O–H groups in total. The fraction of sp³-hybridized carbons (Fsp3) is 0.154. The number of H-pyrrole nitrogens is 1. The van der Waals surface area contributed by atoms with Crippen molar-refractivity contribution >= 4 is 22.6 Å². The molecule has 0 unspecified atom stereocenters. The molecule has 0 bridgehead atoms. The molecule has 3 aromatic carbocycles. The van der Waals surface area contributed by atoms with Gasteiger partial charge in [0.15, 0.2) is 0 Å². The summed E-state index contributed by atoms with van der Waals surface area (Å²) < 4.78 is 13.2. The van der Waals surface area contributed by atoms with E-state index in [1.54, 1.807) is 4.90 Å². The van der Waals surface area contributed by atoms with Crippen molar-refractivity contribution in [3.63, 3.8) is 0 Å². The van der Waals surface area contributed by atoms with Crippen molar-refractivity contribution < 1.29 is 9.18 Å². The van der Waals surface area contributed by atoms with Crippen molar-refractivity contribution in [3.8, 4) is 0 Å². The highest BCUT2D eigenvalue weighted by Crippen LogP contribution is 2.21. The molecular formula is C26H24FN3O2. The zero-order valence-corrected chi connectivity index (χ0v) is 18.0. The summed E-state index contributed by atoms with van der Waals surface area (Å²) in [5.74, 6) is -0.377. The van der Waals surface area contributed by atoms with E-state index in [0.717, 1.165) is 27.6 Å². The fourth-order valence-electron chi connectivity index (χ4n) is 3.68. The van der Waals surface area contributed by atoms with Gasteiger partial charge in [-0.2, -0.15) is 0 Å². The normalized spacial score (nSPS) is 10.8. The topological polar surface area (TPSA) is 65.2 Å². The molecular weight excluding hydrogens is 405 g/mol. The highest BCUT2D eigenvalue weighted by molar-refractivity contribution is 5.89. The van der Waals surface area contributed by atoms with E-state index in [-0.39, 0.29) is 24.0 Å². The molecule has 4 rings (SSSR count). The number of nitrogens with one attached hydrogen (secondary N) is 2. The summed E-state index contributed by atoms with van der Waals surface area (Å²) >= 11 is 0. The number of amides is 2. The third-order valence-corrected chi connectivity index (χ3v) is 5.48. The zero-order valence-electron chi connectivity index (χ0n) is 18.0. The Labute approximate surface area is 185 Å². The van der Waals surface area contributed by atoms with E-state index in [1.165, 1.54) is 24.3 Å². The zero-order chi connectivity index (χ0) is 22.7. The first-order valence-corrected chi connectivity index (χ1v) is 10.4. The smallest absolute Gasteiger partial charge is 0.321 e. The van der Waals surface area contributed by atoms with Gasteiger partial charge in [0.2, 0.25) is 0 Å². The first kappa shape index (κ1) is 21.3. The minimum atomic E-state index is -0.377. The van der Waals surface area contributed by atoms with Crippen LogP contribution in [0.2, 0.25) is 0 Å². The number of aryl methyl sites for hydroxylation is 2. The quantitative estimate of drug-likeness (QED) is 0.439. The van der Waals surface area contributed by atoms with Crippen molar-refractivity contribution in [2.45, 2.75) is 26.9 Å². The van der Waals surface area contributed by atoms with Gasteiger partial charge in [-0.3, -0.25) is 4.79 Å². The van der Waals surface area contributed by atoms with E-state index in [9.17, 15) is 14.0 Å². The molecule has 4 aromatic rings. The summed E-state index contributed by atoms with van der Waals surface area (Å²) in [6, 6.07) is 20.6. The van der Waals surface area contributed by atoms with Gasteiger partial charge in [-0.15, -0.1) is 0 Å². The Morgan fingerprint density at radius 1 is 0.938 bits per heavy atom. The molecule has 32 heavy (non-hydrogen) atoms. The van der Waals surface area contributed by atoms with Crippen LogP contribution in [0.3, 0.4) is 0 Å². The maximum absolute atomic E-state index is 13.2. The molecule has 0 atom stereocenters. The maximum atomic E-state index is 13.2.